The molecule has 2 N–H and O–H groups in total. The first-order chi connectivity index (χ1) is 12.0. The SMILES string of the molecule is CCn1c(=O)cc(C)c2cc3c(C)cc(=O)n4c3c(c21)OC[C@@H]4CN. The van der Waals surface area contributed by atoms with Crippen molar-refractivity contribution >= 4 is 21.8 Å². The van der Waals surface area contributed by atoms with Crippen LogP contribution in [0.3, 0.4) is 0 Å². The summed E-state index contributed by atoms with van der Waals surface area (Å²) in [6.07, 6.45) is 0. The summed E-state index contributed by atoms with van der Waals surface area (Å²) in [6.45, 7) is 6.97. The molecule has 25 heavy (non-hydrogen) atoms. The van der Waals surface area contributed by atoms with Crippen molar-refractivity contribution in [1.29, 1.82) is 0 Å². The van der Waals surface area contributed by atoms with E-state index in [1.807, 2.05) is 20.8 Å². The minimum absolute atomic E-state index is 0.0609. The van der Waals surface area contributed by atoms with Crippen LogP contribution in [-0.4, -0.2) is 22.3 Å². The van der Waals surface area contributed by atoms with Gasteiger partial charge in [0.2, 0.25) is 0 Å². The Labute approximate surface area is 144 Å². The van der Waals surface area contributed by atoms with Crippen LogP contribution < -0.4 is 21.6 Å². The second-order valence-corrected chi connectivity index (χ2v) is 6.64. The first-order valence-corrected chi connectivity index (χ1v) is 8.53. The third kappa shape index (κ3) is 2.07. The Kier molecular flexibility index (Phi) is 3.47. The Morgan fingerprint density at radius 2 is 1.72 bits per heavy atom. The number of aryl methyl sites for hydroxylation is 3. The first kappa shape index (κ1) is 15.9. The van der Waals surface area contributed by atoms with E-state index in [0.717, 1.165) is 32.9 Å². The lowest BCUT2D eigenvalue weighted by Gasteiger charge is -2.29. The molecule has 2 aromatic heterocycles. The zero-order valence-electron chi connectivity index (χ0n) is 14.6. The van der Waals surface area contributed by atoms with Gasteiger partial charge in [0.05, 0.1) is 17.1 Å². The van der Waals surface area contributed by atoms with Gasteiger partial charge in [-0.2, -0.15) is 0 Å². The average molecular weight is 339 g/mol. The highest BCUT2D eigenvalue weighted by atomic mass is 16.5. The molecule has 6 nitrogen and oxygen atoms in total. The number of nitrogens with zero attached hydrogens (tertiary/aromatic N) is 2. The van der Waals surface area contributed by atoms with Gasteiger partial charge in [0.15, 0.2) is 5.75 Å². The maximum Gasteiger partial charge on any atom is 0.251 e. The van der Waals surface area contributed by atoms with Crippen molar-refractivity contribution in [2.75, 3.05) is 13.2 Å². The maximum absolute atomic E-state index is 12.6. The molecule has 0 bridgehead atoms. The summed E-state index contributed by atoms with van der Waals surface area (Å²) in [5.41, 5.74) is 9.03. The van der Waals surface area contributed by atoms with E-state index >= 15 is 0 Å². The maximum atomic E-state index is 12.6. The molecular weight excluding hydrogens is 318 g/mol. The molecule has 1 aliphatic heterocycles. The van der Waals surface area contributed by atoms with Crippen LogP contribution >= 0.6 is 0 Å². The lowest BCUT2D eigenvalue weighted by atomic mass is 10.0. The number of ether oxygens (including phenoxy) is 1. The molecule has 0 aliphatic carbocycles. The zero-order chi connectivity index (χ0) is 17.9. The fraction of sp³-hybridized carbons (Fsp3) is 0.368. The number of fused-ring (bicyclic) bond motifs is 2. The third-order valence-corrected chi connectivity index (χ3v) is 5.15. The molecule has 6 heteroatoms. The Morgan fingerprint density at radius 1 is 1.08 bits per heavy atom. The van der Waals surface area contributed by atoms with Crippen molar-refractivity contribution in [3.8, 4) is 5.75 Å². The van der Waals surface area contributed by atoms with Crippen molar-refractivity contribution in [3.05, 3.63) is 50.0 Å². The van der Waals surface area contributed by atoms with Crippen LogP contribution in [0.5, 0.6) is 5.75 Å². The molecule has 0 saturated carbocycles. The molecule has 1 aromatic carbocycles. The van der Waals surface area contributed by atoms with E-state index in [2.05, 4.69) is 6.07 Å². The molecule has 0 unspecified atom stereocenters. The van der Waals surface area contributed by atoms with Crippen molar-refractivity contribution in [1.82, 2.24) is 9.13 Å². The number of hydrogen-bond donors (Lipinski definition) is 1. The smallest absolute Gasteiger partial charge is 0.251 e. The van der Waals surface area contributed by atoms with Crippen LogP contribution in [0.1, 0.15) is 24.1 Å². The molecule has 0 amide bonds. The van der Waals surface area contributed by atoms with Crippen LogP contribution in [-0.2, 0) is 6.54 Å². The molecule has 4 rings (SSSR count). The highest BCUT2D eigenvalue weighted by molar-refractivity contribution is 6.04. The van der Waals surface area contributed by atoms with Crippen LogP contribution in [0.4, 0.5) is 0 Å². The van der Waals surface area contributed by atoms with Gasteiger partial charge in [-0.05, 0) is 38.0 Å². The van der Waals surface area contributed by atoms with Gasteiger partial charge in [0.25, 0.3) is 11.1 Å². The van der Waals surface area contributed by atoms with E-state index in [1.54, 1.807) is 21.3 Å². The van der Waals surface area contributed by atoms with Gasteiger partial charge in [-0.1, -0.05) is 0 Å². The van der Waals surface area contributed by atoms with E-state index in [-0.39, 0.29) is 17.2 Å². The lowest BCUT2D eigenvalue weighted by molar-refractivity contribution is 0.239. The predicted octanol–water partition coefficient (Wildman–Crippen LogP) is 1.85. The van der Waals surface area contributed by atoms with E-state index < -0.39 is 0 Å². The Morgan fingerprint density at radius 3 is 2.36 bits per heavy atom. The van der Waals surface area contributed by atoms with Gasteiger partial charge >= 0.3 is 0 Å². The minimum Gasteiger partial charge on any atom is -0.487 e. The normalized spacial score (nSPS) is 16.4. The second-order valence-electron chi connectivity index (χ2n) is 6.64. The molecule has 0 fully saturated rings. The summed E-state index contributed by atoms with van der Waals surface area (Å²) in [6, 6.07) is 5.16. The van der Waals surface area contributed by atoms with Gasteiger partial charge < -0.3 is 15.0 Å². The standard InChI is InChI=1S/C19H21N3O3/c1-4-21-15(23)5-10(2)13-7-14-11(3)6-16(24)22-12(8-20)9-25-19(17(13)21)18(14)22/h5-7,12H,4,8-9,20H2,1-3H3/t12-/m0/s1. The van der Waals surface area contributed by atoms with E-state index in [9.17, 15) is 9.59 Å². The molecule has 0 saturated heterocycles. The summed E-state index contributed by atoms with van der Waals surface area (Å²) in [5, 5.41) is 1.94. The summed E-state index contributed by atoms with van der Waals surface area (Å²) >= 11 is 0. The van der Waals surface area contributed by atoms with Crippen LogP contribution in [0, 0.1) is 13.8 Å². The quantitative estimate of drug-likeness (QED) is 0.723. The van der Waals surface area contributed by atoms with Crippen LogP contribution in [0.15, 0.2) is 27.8 Å². The highest BCUT2D eigenvalue weighted by Gasteiger charge is 2.27. The first-order valence-electron chi connectivity index (χ1n) is 8.53. The number of benzene rings is 1. The summed E-state index contributed by atoms with van der Waals surface area (Å²) in [7, 11) is 0. The average Bonchev–Trinajstić information content (AvgIpc) is 2.59. The molecular formula is C19H21N3O3. The van der Waals surface area contributed by atoms with Gasteiger partial charge in [0.1, 0.15) is 6.61 Å². The molecule has 0 spiro atoms. The van der Waals surface area contributed by atoms with Crippen molar-refractivity contribution in [2.45, 2.75) is 33.4 Å². The predicted molar refractivity (Wildman–Crippen MR) is 98.7 cm³/mol. The molecule has 1 atom stereocenters. The highest BCUT2D eigenvalue weighted by Crippen LogP contribution is 2.39. The Balaban J connectivity index is 2.34. The van der Waals surface area contributed by atoms with E-state index in [1.165, 1.54) is 0 Å². The number of hydrogen-bond acceptors (Lipinski definition) is 4. The molecule has 3 heterocycles. The third-order valence-electron chi connectivity index (χ3n) is 5.15. The Bertz CT molecular complexity index is 1140. The lowest BCUT2D eigenvalue weighted by Crippen LogP contribution is -2.37. The number of pyridine rings is 2. The topological polar surface area (TPSA) is 79.2 Å². The molecule has 1 aliphatic rings. The fourth-order valence-electron chi connectivity index (χ4n) is 3.88. The van der Waals surface area contributed by atoms with E-state index in [4.69, 9.17) is 10.5 Å². The fourth-order valence-corrected chi connectivity index (χ4v) is 3.88. The summed E-state index contributed by atoms with van der Waals surface area (Å²) in [5.74, 6) is 0.612. The van der Waals surface area contributed by atoms with Gasteiger partial charge in [-0.15, -0.1) is 0 Å². The molecule has 0 radical (unpaired) electrons. The van der Waals surface area contributed by atoms with Crippen molar-refractivity contribution in [3.63, 3.8) is 0 Å². The van der Waals surface area contributed by atoms with E-state index in [0.29, 0.717) is 25.4 Å². The summed E-state index contributed by atoms with van der Waals surface area (Å²) < 4.78 is 9.51. The second kappa shape index (κ2) is 5.46. The van der Waals surface area contributed by atoms with Gasteiger partial charge in [0, 0.05) is 36.0 Å². The number of rotatable bonds is 2. The minimum atomic E-state index is -0.202. The number of nitrogens with two attached hydrogens (primary N) is 1. The molecule has 130 valence electrons. The monoisotopic (exact) mass is 339 g/mol. The van der Waals surface area contributed by atoms with Crippen LogP contribution in [0.2, 0.25) is 0 Å². The Hall–Kier alpha value is -2.60. The number of aromatic nitrogens is 2. The van der Waals surface area contributed by atoms with Crippen LogP contribution in [0.25, 0.3) is 21.8 Å². The molecule has 3 aromatic rings. The van der Waals surface area contributed by atoms with Crippen molar-refractivity contribution < 1.29 is 4.74 Å². The van der Waals surface area contributed by atoms with Crippen molar-refractivity contribution in [2.24, 2.45) is 5.73 Å². The summed E-state index contributed by atoms with van der Waals surface area (Å²) in [4.78, 5) is 25.1. The van der Waals surface area contributed by atoms with Gasteiger partial charge in [-0.25, -0.2) is 0 Å². The largest absolute Gasteiger partial charge is 0.487 e. The van der Waals surface area contributed by atoms with Gasteiger partial charge in [-0.3, -0.25) is 14.2 Å². The zero-order valence-corrected chi connectivity index (χ0v) is 14.6.